The third-order valence-corrected chi connectivity index (χ3v) is 4.08. The lowest BCUT2D eigenvalue weighted by Crippen LogP contribution is -2.45. The first-order valence-electron chi connectivity index (χ1n) is 7.36. The number of anilines is 1. The second-order valence-electron chi connectivity index (χ2n) is 5.38. The number of ether oxygens (including phenoxy) is 1. The molecule has 1 aliphatic carbocycles. The van der Waals surface area contributed by atoms with Crippen LogP contribution in [0.3, 0.4) is 0 Å². The number of halogens is 3. The van der Waals surface area contributed by atoms with Gasteiger partial charge in [-0.05, 0) is 19.8 Å². The van der Waals surface area contributed by atoms with Gasteiger partial charge in [-0.3, -0.25) is 4.79 Å². The van der Waals surface area contributed by atoms with E-state index >= 15 is 0 Å². The smallest absolute Gasteiger partial charge is 0.311 e. The van der Waals surface area contributed by atoms with E-state index in [0.717, 1.165) is 12.8 Å². The van der Waals surface area contributed by atoms with Gasteiger partial charge < -0.3 is 9.64 Å². The lowest BCUT2D eigenvalue weighted by atomic mass is 9.83. The molecule has 7 heteroatoms. The van der Waals surface area contributed by atoms with E-state index in [1.165, 1.54) is 11.9 Å². The summed E-state index contributed by atoms with van der Waals surface area (Å²) < 4.78 is 46.1. The predicted octanol–water partition coefficient (Wildman–Crippen LogP) is 3.06. The molecule has 0 aliphatic heterocycles. The number of nitrogens with zero attached hydrogens (tertiary/aromatic N) is 2. The molecular formula is C15H19F3N2O2. The van der Waals surface area contributed by atoms with Crippen molar-refractivity contribution in [2.45, 2.75) is 38.6 Å². The maximum absolute atomic E-state index is 13.9. The summed E-state index contributed by atoms with van der Waals surface area (Å²) in [6.07, 6.45) is 3.51. The zero-order chi connectivity index (χ0) is 16.3. The van der Waals surface area contributed by atoms with Crippen LogP contribution in [0.1, 0.15) is 32.6 Å². The predicted molar refractivity (Wildman–Crippen MR) is 74.9 cm³/mol. The van der Waals surface area contributed by atoms with Gasteiger partial charge in [0.1, 0.15) is 5.69 Å². The van der Waals surface area contributed by atoms with Crippen LogP contribution in [0.5, 0.6) is 0 Å². The first-order valence-corrected chi connectivity index (χ1v) is 7.36. The van der Waals surface area contributed by atoms with Crippen molar-refractivity contribution in [1.29, 1.82) is 0 Å². The maximum Gasteiger partial charge on any atom is 0.311 e. The summed E-state index contributed by atoms with van der Waals surface area (Å²) in [7, 11) is 1.46. The summed E-state index contributed by atoms with van der Waals surface area (Å²) in [5.74, 6) is -4.50. The minimum absolute atomic E-state index is 0.248. The van der Waals surface area contributed by atoms with Gasteiger partial charge in [0.15, 0.2) is 5.82 Å². The summed E-state index contributed by atoms with van der Waals surface area (Å²) >= 11 is 0. The number of rotatable bonds is 4. The first kappa shape index (κ1) is 16.6. The van der Waals surface area contributed by atoms with Gasteiger partial charge in [0.25, 0.3) is 5.95 Å². The van der Waals surface area contributed by atoms with Crippen LogP contribution in [0.25, 0.3) is 0 Å². The fraction of sp³-hybridized carbons (Fsp3) is 0.600. The average Bonchev–Trinajstić information content (AvgIpc) is 2.51. The maximum atomic E-state index is 13.9. The monoisotopic (exact) mass is 316 g/mol. The summed E-state index contributed by atoms with van der Waals surface area (Å²) in [6.45, 7) is 1.95. The summed E-state index contributed by atoms with van der Waals surface area (Å²) in [5.41, 5.74) is -0.492. The number of carbonyl (C=O) groups excluding carboxylic acids is 1. The normalized spacial score (nSPS) is 21.5. The van der Waals surface area contributed by atoms with Crippen LogP contribution in [-0.2, 0) is 9.53 Å². The molecule has 0 bridgehead atoms. The third-order valence-electron chi connectivity index (χ3n) is 4.08. The van der Waals surface area contributed by atoms with E-state index in [-0.39, 0.29) is 12.6 Å². The van der Waals surface area contributed by atoms with Crippen LogP contribution >= 0.6 is 0 Å². The minimum atomic E-state index is -1.35. The van der Waals surface area contributed by atoms with Gasteiger partial charge in [-0.25, -0.2) is 9.37 Å². The molecule has 0 saturated heterocycles. The van der Waals surface area contributed by atoms with Crippen LogP contribution in [0.2, 0.25) is 0 Å². The van der Waals surface area contributed by atoms with Gasteiger partial charge in [-0.15, -0.1) is 0 Å². The van der Waals surface area contributed by atoms with Crippen LogP contribution < -0.4 is 4.90 Å². The molecule has 0 spiro atoms. The van der Waals surface area contributed by atoms with Crippen molar-refractivity contribution in [3.8, 4) is 0 Å². The minimum Gasteiger partial charge on any atom is -0.466 e. The van der Waals surface area contributed by atoms with Crippen molar-refractivity contribution in [3.05, 3.63) is 23.8 Å². The molecule has 1 aromatic heterocycles. The van der Waals surface area contributed by atoms with Gasteiger partial charge in [0, 0.05) is 13.1 Å². The van der Waals surface area contributed by atoms with Crippen LogP contribution in [-0.4, -0.2) is 30.6 Å². The number of hydrogen-bond donors (Lipinski definition) is 0. The van der Waals surface area contributed by atoms with Crippen molar-refractivity contribution in [1.82, 2.24) is 4.98 Å². The Bertz CT molecular complexity index is 554. The molecule has 2 atom stereocenters. The molecule has 0 radical (unpaired) electrons. The highest BCUT2D eigenvalue weighted by atomic mass is 19.2. The van der Waals surface area contributed by atoms with E-state index < -0.39 is 35.2 Å². The highest BCUT2D eigenvalue weighted by Crippen LogP contribution is 2.34. The van der Waals surface area contributed by atoms with Crippen molar-refractivity contribution in [2.75, 3.05) is 18.6 Å². The van der Waals surface area contributed by atoms with Crippen molar-refractivity contribution < 1.29 is 22.7 Å². The Balaban J connectivity index is 2.32. The number of pyridine rings is 1. The molecule has 122 valence electrons. The fourth-order valence-electron chi connectivity index (χ4n) is 3.02. The Kier molecular flexibility index (Phi) is 5.26. The van der Waals surface area contributed by atoms with Gasteiger partial charge in [-0.1, -0.05) is 12.8 Å². The lowest BCUT2D eigenvalue weighted by Gasteiger charge is -2.38. The molecule has 4 nitrogen and oxygen atoms in total. The molecule has 1 saturated carbocycles. The Hall–Kier alpha value is -1.79. The number of carbonyl (C=O) groups is 1. The molecule has 0 N–H and O–H groups in total. The molecule has 1 fully saturated rings. The number of esters is 1. The van der Waals surface area contributed by atoms with Gasteiger partial charge in [0.05, 0.1) is 18.7 Å². The van der Waals surface area contributed by atoms with E-state index in [0.29, 0.717) is 19.0 Å². The zero-order valence-electron chi connectivity index (χ0n) is 12.6. The third kappa shape index (κ3) is 3.18. The molecule has 0 aromatic carbocycles. The van der Waals surface area contributed by atoms with Crippen molar-refractivity contribution in [3.63, 3.8) is 0 Å². The molecule has 0 amide bonds. The fourth-order valence-corrected chi connectivity index (χ4v) is 3.02. The topological polar surface area (TPSA) is 42.4 Å². The molecular weight excluding hydrogens is 297 g/mol. The quantitative estimate of drug-likeness (QED) is 0.632. The Morgan fingerprint density at radius 2 is 2.05 bits per heavy atom. The average molecular weight is 316 g/mol. The Morgan fingerprint density at radius 3 is 2.73 bits per heavy atom. The largest absolute Gasteiger partial charge is 0.466 e. The summed E-state index contributed by atoms with van der Waals surface area (Å²) in [5, 5.41) is 0. The van der Waals surface area contributed by atoms with E-state index in [9.17, 15) is 18.0 Å². The second kappa shape index (κ2) is 6.98. The van der Waals surface area contributed by atoms with E-state index in [2.05, 4.69) is 4.98 Å². The van der Waals surface area contributed by atoms with Crippen LogP contribution in [0.15, 0.2) is 6.20 Å². The Labute approximate surface area is 127 Å². The first-order chi connectivity index (χ1) is 10.5. The van der Waals surface area contributed by atoms with Crippen molar-refractivity contribution in [2.24, 2.45) is 5.92 Å². The van der Waals surface area contributed by atoms with Gasteiger partial charge in [0.2, 0.25) is 5.82 Å². The molecule has 1 heterocycles. The standard InChI is InChI=1S/C15H19F3N2O2/c1-3-22-15(21)9-6-4-5-7-11(9)20(2)13-10(16)8-19-14(18)12(13)17/h8-9,11H,3-7H2,1-2H3. The second-order valence-corrected chi connectivity index (χ2v) is 5.38. The molecule has 1 aromatic rings. The van der Waals surface area contributed by atoms with Crippen LogP contribution in [0, 0.1) is 23.5 Å². The lowest BCUT2D eigenvalue weighted by molar-refractivity contribution is -0.149. The van der Waals surface area contributed by atoms with Gasteiger partial charge >= 0.3 is 5.97 Å². The number of aromatic nitrogens is 1. The zero-order valence-corrected chi connectivity index (χ0v) is 12.6. The highest BCUT2D eigenvalue weighted by Gasteiger charge is 2.36. The summed E-state index contributed by atoms with van der Waals surface area (Å²) in [6, 6.07) is -0.432. The van der Waals surface area contributed by atoms with Crippen LogP contribution in [0.4, 0.5) is 18.9 Å². The molecule has 1 aliphatic rings. The SMILES string of the molecule is CCOC(=O)C1CCCCC1N(C)c1c(F)cnc(F)c1F. The van der Waals surface area contributed by atoms with Crippen molar-refractivity contribution >= 4 is 11.7 Å². The Morgan fingerprint density at radius 1 is 1.36 bits per heavy atom. The van der Waals surface area contributed by atoms with E-state index in [1.54, 1.807) is 6.92 Å². The van der Waals surface area contributed by atoms with E-state index in [1.807, 2.05) is 0 Å². The van der Waals surface area contributed by atoms with Gasteiger partial charge in [-0.2, -0.15) is 8.78 Å². The highest BCUT2D eigenvalue weighted by molar-refractivity contribution is 5.74. The number of hydrogen-bond acceptors (Lipinski definition) is 4. The molecule has 22 heavy (non-hydrogen) atoms. The molecule has 2 unspecified atom stereocenters. The molecule has 2 rings (SSSR count). The summed E-state index contributed by atoms with van der Waals surface area (Å²) in [4.78, 5) is 16.4. The van der Waals surface area contributed by atoms with E-state index in [4.69, 9.17) is 4.74 Å².